The lowest BCUT2D eigenvalue weighted by atomic mass is 10.1. The number of nitrogens with one attached hydrogen (secondary N) is 2. The first-order chi connectivity index (χ1) is 8.00. The van der Waals surface area contributed by atoms with Crippen molar-refractivity contribution in [3.63, 3.8) is 0 Å². The van der Waals surface area contributed by atoms with Crippen LogP contribution in [0.3, 0.4) is 0 Å². The highest BCUT2D eigenvalue weighted by molar-refractivity contribution is 7.91. The zero-order valence-corrected chi connectivity index (χ0v) is 12.2. The van der Waals surface area contributed by atoms with Gasteiger partial charge in [-0.25, -0.2) is 4.79 Å². The van der Waals surface area contributed by atoms with Gasteiger partial charge in [-0.05, 0) is 39.3 Å². The second-order valence-corrected chi connectivity index (χ2v) is 7.35. The van der Waals surface area contributed by atoms with Crippen LogP contribution in [0.5, 0.6) is 0 Å². The van der Waals surface area contributed by atoms with Gasteiger partial charge < -0.3 is 5.11 Å². The van der Waals surface area contributed by atoms with Crippen molar-refractivity contribution in [1.82, 2.24) is 4.72 Å². The molecule has 0 fully saturated rings. The Hall–Kier alpha value is -1.12. The fourth-order valence-electron chi connectivity index (χ4n) is 1.31. The summed E-state index contributed by atoms with van der Waals surface area (Å²) in [6.07, 6.45) is 0. The summed E-state index contributed by atoms with van der Waals surface area (Å²) in [5.74, 6) is -1.06. The molecule has 0 radical (unpaired) electrons. The van der Waals surface area contributed by atoms with Crippen LogP contribution in [0.15, 0.2) is 6.07 Å². The highest BCUT2D eigenvalue weighted by atomic mass is 32.2. The second-order valence-electron chi connectivity index (χ2n) is 4.89. The maximum absolute atomic E-state index is 11.7. The normalized spacial score (nSPS) is 12.4. The summed E-state index contributed by atoms with van der Waals surface area (Å²) in [6.45, 7) is 6.77. The van der Waals surface area contributed by atoms with Crippen molar-refractivity contribution in [1.29, 1.82) is 0 Å². The molecular weight excluding hydrogens is 276 g/mol. The predicted octanol–water partition coefficient (Wildman–Crippen LogP) is 1.80. The molecule has 0 spiro atoms. The maximum atomic E-state index is 11.7. The van der Waals surface area contributed by atoms with E-state index in [4.69, 9.17) is 5.11 Å². The average Bonchev–Trinajstić information content (AvgIpc) is 2.40. The maximum Gasteiger partial charge on any atom is 0.346 e. The number of carboxylic acid groups (broad SMARTS) is 1. The number of hydrogen-bond donors (Lipinski definition) is 3. The van der Waals surface area contributed by atoms with E-state index in [1.165, 1.54) is 6.07 Å². The third kappa shape index (κ3) is 4.28. The van der Waals surface area contributed by atoms with E-state index in [0.29, 0.717) is 5.56 Å². The van der Waals surface area contributed by atoms with E-state index in [1.54, 1.807) is 27.7 Å². The largest absolute Gasteiger partial charge is 0.477 e. The first-order valence-corrected chi connectivity index (χ1v) is 7.45. The van der Waals surface area contributed by atoms with Crippen molar-refractivity contribution in [2.24, 2.45) is 0 Å². The fraction of sp³-hybridized carbons (Fsp3) is 0.500. The Morgan fingerprint density at radius 2 is 1.94 bits per heavy atom. The number of aromatic carboxylic acids is 1. The number of rotatable bonds is 4. The molecule has 0 amide bonds. The van der Waals surface area contributed by atoms with Crippen LogP contribution in [0.2, 0.25) is 0 Å². The van der Waals surface area contributed by atoms with Crippen LogP contribution in [-0.2, 0) is 10.2 Å². The van der Waals surface area contributed by atoms with Crippen molar-refractivity contribution in [2.75, 3.05) is 4.72 Å². The van der Waals surface area contributed by atoms with E-state index in [9.17, 15) is 13.2 Å². The van der Waals surface area contributed by atoms with E-state index in [-0.39, 0.29) is 9.88 Å². The fourth-order valence-corrected chi connectivity index (χ4v) is 3.75. The lowest BCUT2D eigenvalue weighted by Gasteiger charge is -2.20. The van der Waals surface area contributed by atoms with Gasteiger partial charge in [-0.2, -0.15) is 13.1 Å². The number of anilines is 1. The highest BCUT2D eigenvalue weighted by Gasteiger charge is 2.21. The van der Waals surface area contributed by atoms with Gasteiger partial charge in [0.1, 0.15) is 9.88 Å². The van der Waals surface area contributed by atoms with E-state index in [2.05, 4.69) is 9.44 Å². The van der Waals surface area contributed by atoms with E-state index in [0.717, 1.165) is 11.3 Å². The van der Waals surface area contributed by atoms with Crippen LogP contribution in [0, 0.1) is 6.92 Å². The topological polar surface area (TPSA) is 95.5 Å². The quantitative estimate of drug-likeness (QED) is 0.788. The minimum atomic E-state index is -3.70. The molecule has 0 aliphatic rings. The van der Waals surface area contributed by atoms with Gasteiger partial charge in [0.15, 0.2) is 0 Å². The molecule has 0 saturated carbocycles. The molecule has 6 nitrogen and oxygen atoms in total. The molecule has 1 heterocycles. The average molecular weight is 292 g/mol. The van der Waals surface area contributed by atoms with Crippen LogP contribution >= 0.6 is 11.3 Å². The third-order valence-corrected chi connectivity index (χ3v) is 4.43. The molecule has 1 aromatic heterocycles. The molecule has 1 rings (SSSR count). The van der Waals surface area contributed by atoms with Gasteiger partial charge in [-0.15, -0.1) is 11.3 Å². The number of aryl methyl sites for hydroxylation is 1. The molecule has 0 aliphatic carbocycles. The zero-order chi connectivity index (χ0) is 14.1. The van der Waals surface area contributed by atoms with Crippen LogP contribution in [0.25, 0.3) is 0 Å². The van der Waals surface area contributed by atoms with Gasteiger partial charge >= 0.3 is 5.97 Å². The first kappa shape index (κ1) is 14.9. The SMILES string of the molecule is Cc1cc(NS(=O)(=O)NC(C)(C)C)sc1C(=O)O. The third-order valence-electron chi connectivity index (χ3n) is 1.79. The Bertz CT molecular complexity index is 555. The Labute approximate surface area is 110 Å². The highest BCUT2D eigenvalue weighted by Crippen LogP contribution is 2.27. The zero-order valence-electron chi connectivity index (χ0n) is 10.6. The Kier molecular flexibility index (Phi) is 4.04. The minimum absolute atomic E-state index is 0.128. The summed E-state index contributed by atoms with van der Waals surface area (Å²) in [7, 11) is -3.70. The van der Waals surface area contributed by atoms with Gasteiger partial charge in [0.05, 0.1) is 0 Å². The van der Waals surface area contributed by atoms with Crippen LogP contribution < -0.4 is 9.44 Å². The van der Waals surface area contributed by atoms with Crippen LogP contribution in [-0.4, -0.2) is 25.0 Å². The molecule has 102 valence electrons. The monoisotopic (exact) mass is 292 g/mol. The summed E-state index contributed by atoms with van der Waals surface area (Å²) < 4.78 is 28.2. The van der Waals surface area contributed by atoms with Gasteiger partial charge in [0.2, 0.25) is 0 Å². The van der Waals surface area contributed by atoms with Crippen molar-refractivity contribution in [3.8, 4) is 0 Å². The molecular formula is C10H16N2O4S2. The Morgan fingerprint density at radius 3 is 2.33 bits per heavy atom. The Balaban J connectivity index is 2.92. The van der Waals surface area contributed by atoms with E-state index in [1.807, 2.05) is 0 Å². The van der Waals surface area contributed by atoms with Gasteiger partial charge in [0, 0.05) is 5.54 Å². The smallest absolute Gasteiger partial charge is 0.346 e. The summed E-state index contributed by atoms with van der Waals surface area (Å²) in [5, 5.41) is 9.16. The summed E-state index contributed by atoms with van der Waals surface area (Å²) in [6, 6.07) is 1.50. The molecule has 1 aromatic rings. The molecule has 0 aromatic carbocycles. The molecule has 8 heteroatoms. The standard InChI is InChI=1S/C10H16N2O4S2/c1-6-5-7(17-8(6)9(13)14)11-18(15,16)12-10(2,3)4/h5,11-12H,1-4H3,(H,13,14). The summed E-state index contributed by atoms with van der Waals surface area (Å²) in [5.41, 5.74) is -0.0747. The lowest BCUT2D eigenvalue weighted by molar-refractivity contribution is 0.0701. The van der Waals surface area contributed by atoms with Gasteiger partial charge in [0.25, 0.3) is 10.2 Å². The molecule has 0 aliphatic heterocycles. The van der Waals surface area contributed by atoms with Crippen molar-refractivity contribution in [3.05, 3.63) is 16.5 Å². The predicted molar refractivity (Wildman–Crippen MR) is 71.4 cm³/mol. The number of thiophene rings is 1. The lowest BCUT2D eigenvalue weighted by Crippen LogP contribution is -2.43. The second kappa shape index (κ2) is 4.87. The first-order valence-electron chi connectivity index (χ1n) is 5.15. The summed E-state index contributed by atoms with van der Waals surface area (Å²) >= 11 is 0.891. The summed E-state index contributed by atoms with van der Waals surface area (Å²) in [4.78, 5) is 11.0. The van der Waals surface area contributed by atoms with Crippen molar-refractivity contribution in [2.45, 2.75) is 33.2 Å². The number of carbonyl (C=O) groups is 1. The van der Waals surface area contributed by atoms with E-state index >= 15 is 0 Å². The van der Waals surface area contributed by atoms with Crippen molar-refractivity contribution < 1.29 is 18.3 Å². The van der Waals surface area contributed by atoms with Gasteiger partial charge in [-0.1, -0.05) is 0 Å². The molecule has 0 atom stereocenters. The molecule has 0 bridgehead atoms. The Morgan fingerprint density at radius 1 is 1.39 bits per heavy atom. The van der Waals surface area contributed by atoms with E-state index < -0.39 is 21.7 Å². The molecule has 3 N–H and O–H groups in total. The molecule has 0 unspecified atom stereocenters. The van der Waals surface area contributed by atoms with Crippen LogP contribution in [0.1, 0.15) is 36.0 Å². The number of hydrogen-bond acceptors (Lipinski definition) is 4. The van der Waals surface area contributed by atoms with Crippen LogP contribution in [0.4, 0.5) is 5.00 Å². The van der Waals surface area contributed by atoms with Crippen molar-refractivity contribution >= 4 is 32.5 Å². The molecule has 18 heavy (non-hydrogen) atoms. The van der Waals surface area contributed by atoms with Gasteiger partial charge in [-0.3, -0.25) is 4.72 Å². The minimum Gasteiger partial charge on any atom is -0.477 e. The number of carboxylic acids is 1. The molecule has 0 saturated heterocycles.